The Labute approximate surface area is 185 Å². The predicted octanol–water partition coefficient (Wildman–Crippen LogP) is 6.54. The van der Waals surface area contributed by atoms with Crippen LogP contribution in [0.3, 0.4) is 0 Å². The van der Waals surface area contributed by atoms with Crippen LogP contribution in [0.4, 0.5) is 0 Å². The second-order valence-electron chi connectivity index (χ2n) is 9.27. The molecule has 0 saturated heterocycles. The second kappa shape index (κ2) is 14.6. The van der Waals surface area contributed by atoms with Gasteiger partial charge in [0.2, 0.25) is 0 Å². The Kier molecular flexibility index (Phi) is 13.0. The summed E-state index contributed by atoms with van der Waals surface area (Å²) in [4.78, 5) is 5.29. The monoisotopic (exact) mass is 428 g/mol. The van der Waals surface area contributed by atoms with Crippen molar-refractivity contribution in [2.45, 2.75) is 113 Å². The fourth-order valence-corrected chi connectivity index (χ4v) is 8.05. The number of thioether (sulfide) groups is 2. The highest BCUT2D eigenvalue weighted by molar-refractivity contribution is 8.00. The molecule has 0 N–H and O–H groups in total. The summed E-state index contributed by atoms with van der Waals surface area (Å²) in [6.45, 7) is 7.18. The van der Waals surface area contributed by atoms with E-state index in [2.05, 4.69) is 61.3 Å². The third-order valence-corrected chi connectivity index (χ3v) is 10.2. The summed E-state index contributed by atoms with van der Waals surface area (Å²) in [5.41, 5.74) is 0. The molecule has 2 fully saturated rings. The summed E-state index contributed by atoms with van der Waals surface area (Å²) in [5, 5.41) is 1.89. The Morgan fingerprint density at radius 3 is 1.32 bits per heavy atom. The van der Waals surface area contributed by atoms with Crippen molar-refractivity contribution in [2.75, 3.05) is 38.7 Å². The Morgan fingerprint density at radius 2 is 1.00 bits per heavy atom. The van der Waals surface area contributed by atoms with Gasteiger partial charge < -0.3 is 9.80 Å². The van der Waals surface area contributed by atoms with E-state index < -0.39 is 0 Å². The lowest BCUT2D eigenvalue weighted by Gasteiger charge is -2.33. The molecule has 166 valence electrons. The SMILES string of the molecule is CCC(CSC1CCCCC1)N(C)CCN(C)C(CC)CSC1CCCCC1. The predicted molar refractivity (Wildman–Crippen MR) is 132 cm³/mol. The van der Waals surface area contributed by atoms with Gasteiger partial charge in [0, 0.05) is 47.2 Å². The molecule has 2 aliphatic rings. The van der Waals surface area contributed by atoms with Gasteiger partial charge in [0.15, 0.2) is 0 Å². The third kappa shape index (κ3) is 9.18. The molecule has 0 aromatic rings. The molecule has 2 unspecified atom stereocenters. The molecule has 0 bridgehead atoms. The zero-order valence-corrected chi connectivity index (χ0v) is 21.0. The van der Waals surface area contributed by atoms with E-state index >= 15 is 0 Å². The minimum absolute atomic E-state index is 0.747. The molecular formula is C24H48N2S2. The lowest BCUT2D eigenvalue weighted by Crippen LogP contribution is -2.42. The van der Waals surface area contributed by atoms with Crippen molar-refractivity contribution in [1.82, 2.24) is 9.80 Å². The lowest BCUT2D eigenvalue weighted by molar-refractivity contribution is 0.187. The number of nitrogens with zero attached hydrogens (tertiary/aromatic N) is 2. The summed E-state index contributed by atoms with van der Waals surface area (Å²) in [6.07, 6.45) is 17.2. The first-order chi connectivity index (χ1) is 13.6. The normalized spacial score (nSPS) is 22.1. The van der Waals surface area contributed by atoms with Crippen LogP contribution in [-0.4, -0.2) is 71.1 Å². The minimum Gasteiger partial charge on any atom is -0.301 e. The van der Waals surface area contributed by atoms with Gasteiger partial charge in [-0.15, -0.1) is 0 Å². The molecule has 0 radical (unpaired) electrons. The van der Waals surface area contributed by atoms with E-state index in [1.807, 2.05) is 0 Å². The van der Waals surface area contributed by atoms with Crippen molar-refractivity contribution >= 4 is 23.5 Å². The van der Waals surface area contributed by atoms with E-state index in [1.54, 1.807) is 0 Å². The highest BCUT2D eigenvalue weighted by Crippen LogP contribution is 2.30. The highest BCUT2D eigenvalue weighted by Gasteiger charge is 2.21. The molecule has 0 aliphatic heterocycles. The fraction of sp³-hybridized carbons (Fsp3) is 1.00. The Bertz CT molecular complexity index is 345. The number of likely N-dealkylation sites (N-methyl/N-ethyl adjacent to an activating group) is 2. The lowest BCUT2D eigenvalue weighted by atomic mass is 10.0. The first-order valence-electron chi connectivity index (χ1n) is 12.3. The zero-order valence-electron chi connectivity index (χ0n) is 19.3. The van der Waals surface area contributed by atoms with Gasteiger partial charge in [-0.25, -0.2) is 0 Å². The van der Waals surface area contributed by atoms with Crippen molar-refractivity contribution in [3.05, 3.63) is 0 Å². The van der Waals surface area contributed by atoms with Gasteiger partial charge in [-0.1, -0.05) is 52.4 Å². The van der Waals surface area contributed by atoms with E-state index in [-0.39, 0.29) is 0 Å². The van der Waals surface area contributed by atoms with Crippen LogP contribution in [0.2, 0.25) is 0 Å². The van der Waals surface area contributed by atoms with Crippen molar-refractivity contribution in [3.8, 4) is 0 Å². The van der Waals surface area contributed by atoms with Gasteiger partial charge in [-0.05, 0) is 52.6 Å². The Hall–Kier alpha value is 0.620. The quantitative estimate of drug-likeness (QED) is 0.328. The van der Waals surface area contributed by atoms with Crippen LogP contribution in [-0.2, 0) is 0 Å². The molecule has 0 heterocycles. The average Bonchev–Trinajstić information content (AvgIpc) is 2.74. The third-order valence-electron chi connectivity index (χ3n) is 7.15. The van der Waals surface area contributed by atoms with E-state index in [0.717, 1.165) is 22.6 Å². The van der Waals surface area contributed by atoms with Gasteiger partial charge in [0.05, 0.1) is 0 Å². The van der Waals surface area contributed by atoms with Gasteiger partial charge in [-0.2, -0.15) is 23.5 Å². The molecular weight excluding hydrogens is 380 g/mol. The van der Waals surface area contributed by atoms with E-state index in [9.17, 15) is 0 Å². The Morgan fingerprint density at radius 1 is 0.643 bits per heavy atom. The maximum Gasteiger partial charge on any atom is 0.0181 e. The van der Waals surface area contributed by atoms with Crippen LogP contribution < -0.4 is 0 Å². The van der Waals surface area contributed by atoms with Gasteiger partial charge in [0.25, 0.3) is 0 Å². The van der Waals surface area contributed by atoms with Crippen LogP contribution in [0.1, 0.15) is 90.9 Å². The van der Waals surface area contributed by atoms with Crippen molar-refractivity contribution in [1.29, 1.82) is 0 Å². The summed E-state index contributed by atoms with van der Waals surface area (Å²) in [7, 11) is 4.72. The minimum atomic E-state index is 0.747. The number of hydrogen-bond donors (Lipinski definition) is 0. The fourth-order valence-electron chi connectivity index (χ4n) is 4.75. The van der Waals surface area contributed by atoms with E-state index in [0.29, 0.717) is 0 Å². The standard InChI is InChI=1S/C24H48N2S2/c1-5-21(19-27-23-13-9-7-10-14-23)25(3)17-18-26(4)22(6-2)20-28-24-15-11-8-12-16-24/h21-24H,5-20H2,1-4H3. The van der Waals surface area contributed by atoms with Crippen LogP contribution in [0.15, 0.2) is 0 Å². The van der Waals surface area contributed by atoms with Crippen molar-refractivity contribution < 1.29 is 0 Å². The largest absolute Gasteiger partial charge is 0.301 e. The Balaban J connectivity index is 1.66. The summed E-state index contributed by atoms with van der Waals surface area (Å²) < 4.78 is 0. The molecule has 4 heteroatoms. The van der Waals surface area contributed by atoms with Gasteiger partial charge in [0.1, 0.15) is 0 Å². The molecule has 0 amide bonds. The molecule has 2 aliphatic carbocycles. The zero-order chi connectivity index (χ0) is 20.2. The van der Waals surface area contributed by atoms with Crippen LogP contribution in [0.25, 0.3) is 0 Å². The molecule has 2 saturated carbocycles. The summed E-state index contributed by atoms with van der Waals surface area (Å²) in [6, 6.07) is 1.49. The number of rotatable bonds is 13. The maximum atomic E-state index is 2.65. The maximum absolute atomic E-state index is 2.65. The second-order valence-corrected chi connectivity index (χ2v) is 11.9. The molecule has 0 spiro atoms. The first-order valence-corrected chi connectivity index (χ1v) is 14.4. The van der Waals surface area contributed by atoms with Gasteiger partial charge >= 0.3 is 0 Å². The molecule has 2 rings (SSSR count). The highest BCUT2D eigenvalue weighted by atomic mass is 32.2. The smallest absolute Gasteiger partial charge is 0.0181 e. The summed E-state index contributed by atoms with van der Waals surface area (Å²) >= 11 is 4.54. The molecule has 2 nitrogen and oxygen atoms in total. The molecule has 2 atom stereocenters. The van der Waals surface area contributed by atoms with Crippen LogP contribution in [0, 0.1) is 0 Å². The molecule has 0 aromatic heterocycles. The van der Waals surface area contributed by atoms with Crippen molar-refractivity contribution in [3.63, 3.8) is 0 Å². The van der Waals surface area contributed by atoms with E-state index in [1.165, 1.54) is 102 Å². The van der Waals surface area contributed by atoms with Crippen LogP contribution in [0.5, 0.6) is 0 Å². The first kappa shape index (κ1) is 24.9. The van der Waals surface area contributed by atoms with Gasteiger partial charge in [-0.3, -0.25) is 0 Å². The molecule has 28 heavy (non-hydrogen) atoms. The van der Waals surface area contributed by atoms with Crippen molar-refractivity contribution in [2.24, 2.45) is 0 Å². The average molecular weight is 429 g/mol. The molecule has 0 aromatic carbocycles. The van der Waals surface area contributed by atoms with Crippen LogP contribution >= 0.6 is 23.5 Å². The number of hydrogen-bond acceptors (Lipinski definition) is 4. The van der Waals surface area contributed by atoms with E-state index in [4.69, 9.17) is 0 Å². The summed E-state index contributed by atoms with van der Waals surface area (Å²) in [5.74, 6) is 2.66. The topological polar surface area (TPSA) is 6.48 Å².